The summed E-state index contributed by atoms with van der Waals surface area (Å²) in [5, 5.41) is 5.19. The Morgan fingerprint density at radius 3 is 2.88 bits per heavy atom. The van der Waals surface area contributed by atoms with E-state index in [2.05, 4.69) is 40.7 Å². The molecule has 0 aliphatic carbocycles. The SMILES string of the molecule is COC(=O)Cn1ncc2c(N3CCC[C@@H]3CC(C)(C)C)ncnc21. The monoisotopic (exact) mass is 331 g/mol. The summed E-state index contributed by atoms with van der Waals surface area (Å²) in [6.45, 7) is 7.87. The van der Waals surface area contributed by atoms with Crippen LogP contribution in [0.25, 0.3) is 11.0 Å². The predicted octanol–water partition coefficient (Wildman–Crippen LogP) is 2.40. The molecule has 3 rings (SSSR count). The number of anilines is 1. The van der Waals surface area contributed by atoms with Crippen LogP contribution >= 0.6 is 0 Å². The first kappa shape index (κ1) is 16.7. The number of methoxy groups -OCH3 is 1. The van der Waals surface area contributed by atoms with Crippen molar-refractivity contribution >= 4 is 22.8 Å². The van der Waals surface area contributed by atoms with Gasteiger partial charge in [0.1, 0.15) is 18.7 Å². The molecule has 0 amide bonds. The molecule has 24 heavy (non-hydrogen) atoms. The maximum atomic E-state index is 11.5. The van der Waals surface area contributed by atoms with Crippen LogP contribution in [0.3, 0.4) is 0 Å². The molecule has 0 spiro atoms. The quantitative estimate of drug-likeness (QED) is 0.801. The van der Waals surface area contributed by atoms with Gasteiger partial charge in [0.05, 0.1) is 18.7 Å². The van der Waals surface area contributed by atoms with E-state index in [9.17, 15) is 4.79 Å². The third-order valence-corrected chi connectivity index (χ3v) is 4.42. The minimum Gasteiger partial charge on any atom is -0.468 e. The third kappa shape index (κ3) is 3.34. The molecule has 0 saturated carbocycles. The number of rotatable bonds is 4. The van der Waals surface area contributed by atoms with Crippen LogP contribution in [0.4, 0.5) is 5.82 Å². The van der Waals surface area contributed by atoms with Gasteiger partial charge in [-0.05, 0) is 24.7 Å². The molecule has 7 nitrogen and oxygen atoms in total. The molecule has 2 aromatic rings. The van der Waals surface area contributed by atoms with E-state index in [1.165, 1.54) is 20.0 Å². The van der Waals surface area contributed by atoms with Crippen molar-refractivity contribution in [1.82, 2.24) is 19.7 Å². The van der Waals surface area contributed by atoms with Gasteiger partial charge in [-0.1, -0.05) is 20.8 Å². The normalized spacial score (nSPS) is 18.3. The van der Waals surface area contributed by atoms with E-state index in [4.69, 9.17) is 4.74 Å². The highest BCUT2D eigenvalue weighted by atomic mass is 16.5. The number of fused-ring (bicyclic) bond motifs is 1. The highest BCUT2D eigenvalue weighted by Gasteiger charge is 2.31. The average molecular weight is 331 g/mol. The summed E-state index contributed by atoms with van der Waals surface area (Å²) in [6.07, 6.45) is 6.77. The van der Waals surface area contributed by atoms with E-state index in [0.29, 0.717) is 11.7 Å². The molecule has 0 aromatic carbocycles. The highest BCUT2D eigenvalue weighted by Crippen LogP contribution is 2.34. The van der Waals surface area contributed by atoms with Crippen molar-refractivity contribution in [2.75, 3.05) is 18.6 Å². The number of esters is 1. The summed E-state index contributed by atoms with van der Waals surface area (Å²) in [5.41, 5.74) is 0.945. The summed E-state index contributed by atoms with van der Waals surface area (Å²) in [5.74, 6) is 0.579. The van der Waals surface area contributed by atoms with Gasteiger partial charge in [-0.3, -0.25) is 4.79 Å². The highest BCUT2D eigenvalue weighted by molar-refractivity contribution is 5.87. The topological polar surface area (TPSA) is 73.1 Å². The van der Waals surface area contributed by atoms with Crippen LogP contribution in [0.5, 0.6) is 0 Å². The van der Waals surface area contributed by atoms with Gasteiger partial charge in [0.25, 0.3) is 0 Å². The molecule has 2 aromatic heterocycles. The molecule has 1 fully saturated rings. The van der Waals surface area contributed by atoms with Crippen LogP contribution in [0.2, 0.25) is 0 Å². The van der Waals surface area contributed by atoms with Crippen LogP contribution in [0.1, 0.15) is 40.0 Å². The van der Waals surface area contributed by atoms with E-state index in [1.807, 2.05) is 0 Å². The second-order valence-electron chi connectivity index (χ2n) is 7.57. The smallest absolute Gasteiger partial charge is 0.327 e. The minimum atomic E-state index is -0.341. The summed E-state index contributed by atoms with van der Waals surface area (Å²) in [6, 6.07) is 0.479. The molecule has 0 N–H and O–H groups in total. The lowest BCUT2D eigenvalue weighted by molar-refractivity contribution is -0.141. The fraction of sp³-hybridized carbons (Fsp3) is 0.647. The van der Waals surface area contributed by atoms with Gasteiger partial charge < -0.3 is 9.64 Å². The Kier molecular flexibility index (Phi) is 4.43. The van der Waals surface area contributed by atoms with Gasteiger partial charge in [-0.2, -0.15) is 5.10 Å². The van der Waals surface area contributed by atoms with Crippen molar-refractivity contribution in [1.29, 1.82) is 0 Å². The Labute approximate surface area is 142 Å². The van der Waals surface area contributed by atoms with Crippen LogP contribution in [-0.4, -0.2) is 45.4 Å². The van der Waals surface area contributed by atoms with E-state index in [1.54, 1.807) is 17.2 Å². The van der Waals surface area contributed by atoms with Crippen molar-refractivity contribution in [3.63, 3.8) is 0 Å². The van der Waals surface area contributed by atoms with Crippen molar-refractivity contribution in [2.24, 2.45) is 5.41 Å². The zero-order chi connectivity index (χ0) is 17.3. The van der Waals surface area contributed by atoms with Gasteiger partial charge in [0, 0.05) is 12.6 Å². The Balaban J connectivity index is 1.93. The number of nitrogens with zero attached hydrogens (tertiary/aromatic N) is 5. The molecule has 3 heterocycles. The largest absolute Gasteiger partial charge is 0.468 e. The lowest BCUT2D eigenvalue weighted by Crippen LogP contribution is -2.33. The fourth-order valence-corrected chi connectivity index (χ4v) is 3.45. The number of carbonyl (C=O) groups excluding carboxylic acids is 1. The number of aromatic nitrogens is 4. The Morgan fingerprint density at radius 2 is 2.17 bits per heavy atom. The standard InChI is InChI=1S/C17H25N5O2/c1-17(2,3)8-12-6-5-7-21(12)15-13-9-20-22(10-14(23)24-4)16(13)19-11-18-15/h9,11-12H,5-8,10H2,1-4H3/t12-/m1/s1. The van der Waals surface area contributed by atoms with E-state index >= 15 is 0 Å². The maximum absolute atomic E-state index is 11.5. The minimum absolute atomic E-state index is 0.0574. The number of hydrogen-bond acceptors (Lipinski definition) is 6. The first-order chi connectivity index (χ1) is 11.4. The molecular formula is C17H25N5O2. The van der Waals surface area contributed by atoms with Crippen molar-refractivity contribution in [3.8, 4) is 0 Å². The van der Waals surface area contributed by atoms with Gasteiger partial charge in [0.2, 0.25) is 0 Å². The lowest BCUT2D eigenvalue weighted by Gasteiger charge is -2.31. The molecule has 1 aliphatic rings. The average Bonchev–Trinajstić information content (AvgIpc) is 3.12. The first-order valence-electron chi connectivity index (χ1n) is 8.39. The van der Waals surface area contributed by atoms with Crippen LogP contribution in [0.15, 0.2) is 12.5 Å². The fourth-order valence-electron chi connectivity index (χ4n) is 3.45. The van der Waals surface area contributed by atoms with Crippen LogP contribution < -0.4 is 4.90 Å². The molecule has 0 bridgehead atoms. The predicted molar refractivity (Wildman–Crippen MR) is 91.8 cm³/mol. The van der Waals surface area contributed by atoms with Gasteiger partial charge in [-0.25, -0.2) is 14.6 Å². The van der Waals surface area contributed by atoms with Crippen LogP contribution in [0, 0.1) is 5.41 Å². The number of ether oxygens (including phenoxy) is 1. The zero-order valence-electron chi connectivity index (χ0n) is 14.8. The lowest BCUT2D eigenvalue weighted by atomic mass is 9.87. The van der Waals surface area contributed by atoms with Crippen molar-refractivity contribution < 1.29 is 9.53 Å². The molecule has 0 radical (unpaired) electrons. The third-order valence-electron chi connectivity index (χ3n) is 4.42. The van der Waals surface area contributed by atoms with E-state index < -0.39 is 0 Å². The summed E-state index contributed by atoms with van der Waals surface area (Å²) in [7, 11) is 1.37. The Hall–Kier alpha value is -2.18. The Bertz CT molecular complexity index is 734. The second-order valence-corrected chi connectivity index (χ2v) is 7.57. The molecule has 7 heteroatoms. The summed E-state index contributed by atoms with van der Waals surface area (Å²) < 4.78 is 6.29. The maximum Gasteiger partial charge on any atom is 0.327 e. The van der Waals surface area contributed by atoms with Gasteiger partial charge in [-0.15, -0.1) is 0 Å². The zero-order valence-corrected chi connectivity index (χ0v) is 14.8. The molecule has 0 unspecified atom stereocenters. The first-order valence-corrected chi connectivity index (χ1v) is 8.39. The van der Waals surface area contributed by atoms with Gasteiger partial charge in [0.15, 0.2) is 5.65 Å². The van der Waals surface area contributed by atoms with E-state index in [-0.39, 0.29) is 17.9 Å². The summed E-state index contributed by atoms with van der Waals surface area (Å²) >= 11 is 0. The van der Waals surface area contributed by atoms with Crippen molar-refractivity contribution in [2.45, 2.75) is 52.6 Å². The van der Waals surface area contributed by atoms with Crippen molar-refractivity contribution in [3.05, 3.63) is 12.5 Å². The molecule has 1 aliphatic heterocycles. The molecule has 130 valence electrons. The molecular weight excluding hydrogens is 306 g/mol. The molecule has 1 saturated heterocycles. The van der Waals surface area contributed by atoms with E-state index in [0.717, 1.165) is 24.2 Å². The Morgan fingerprint density at radius 1 is 1.38 bits per heavy atom. The summed E-state index contributed by atoms with van der Waals surface area (Å²) in [4.78, 5) is 22.8. The van der Waals surface area contributed by atoms with Gasteiger partial charge >= 0.3 is 5.97 Å². The van der Waals surface area contributed by atoms with Crippen LogP contribution in [-0.2, 0) is 16.1 Å². The second kappa shape index (κ2) is 6.37. The molecule has 1 atom stereocenters. The number of hydrogen-bond donors (Lipinski definition) is 0. The number of carbonyl (C=O) groups is 1.